The molecule has 0 saturated carbocycles. The Morgan fingerprint density at radius 3 is 2.76 bits per heavy atom. The third-order valence-corrected chi connectivity index (χ3v) is 3.73. The van der Waals surface area contributed by atoms with Gasteiger partial charge in [0.2, 0.25) is 11.7 Å². The molecule has 0 heterocycles. The van der Waals surface area contributed by atoms with E-state index in [-0.39, 0.29) is 18.0 Å². The molecule has 0 spiro atoms. The molecule has 0 aliphatic rings. The zero-order valence-electron chi connectivity index (χ0n) is 11.9. The van der Waals surface area contributed by atoms with Crippen LogP contribution in [0.2, 0.25) is 0 Å². The second-order valence-corrected chi connectivity index (χ2v) is 5.52. The number of nitro benzene ring substituents is 1. The molecule has 1 atom stereocenters. The Balaban J connectivity index is 2.80. The fraction of sp³-hybridized carbons (Fsp3) is 0.462. The van der Waals surface area contributed by atoms with Crippen LogP contribution in [0.25, 0.3) is 0 Å². The van der Waals surface area contributed by atoms with E-state index in [1.807, 2.05) is 6.92 Å². The molecule has 0 radical (unpaired) electrons. The number of nitro groups is 1. The van der Waals surface area contributed by atoms with Crippen LogP contribution >= 0.6 is 15.9 Å². The molecule has 0 aromatic heterocycles. The van der Waals surface area contributed by atoms with Crippen molar-refractivity contribution in [3.63, 3.8) is 0 Å². The summed E-state index contributed by atoms with van der Waals surface area (Å²) in [6.07, 6.45) is 0.300. The summed E-state index contributed by atoms with van der Waals surface area (Å²) < 4.78 is 5.97. The first-order valence-electron chi connectivity index (χ1n) is 6.42. The maximum absolute atomic E-state index is 11.5. The van der Waals surface area contributed by atoms with Gasteiger partial charge in [-0.15, -0.1) is 0 Å². The van der Waals surface area contributed by atoms with Crippen molar-refractivity contribution < 1.29 is 14.5 Å². The Morgan fingerprint density at radius 1 is 1.57 bits per heavy atom. The maximum atomic E-state index is 11.5. The molecule has 0 aliphatic heterocycles. The molecule has 21 heavy (non-hydrogen) atoms. The number of nitrogens with one attached hydrogen (secondary N) is 1. The third kappa shape index (κ3) is 4.40. The SMILES string of the molecule is CCNC(C)(CCOc1c(Br)cccc1[N+](=O)[O-])C(N)=O. The van der Waals surface area contributed by atoms with Crippen LogP contribution < -0.4 is 15.8 Å². The highest BCUT2D eigenvalue weighted by Gasteiger charge is 2.30. The van der Waals surface area contributed by atoms with Gasteiger partial charge in [-0.2, -0.15) is 0 Å². The molecule has 7 nitrogen and oxygen atoms in total. The van der Waals surface area contributed by atoms with Gasteiger partial charge in [0.1, 0.15) is 0 Å². The van der Waals surface area contributed by atoms with Gasteiger partial charge >= 0.3 is 5.69 Å². The molecular weight excluding hydrogens is 342 g/mol. The molecule has 8 heteroatoms. The van der Waals surface area contributed by atoms with Crippen LogP contribution in [0.4, 0.5) is 5.69 Å². The van der Waals surface area contributed by atoms with E-state index in [9.17, 15) is 14.9 Å². The number of nitrogens with two attached hydrogens (primary N) is 1. The Hall–Kier alpha value is -1.67. The van der Waals surface area contributed by atoms with Crippen molar-refractivity contribution in [2.45, 2.75) is 25.8 Å². The summed E-state index contributed by atoms with van der Waals surface area (Å²) in [5.74, 6) is -0.347. The first-order chi connectivity index (χ1) is 9.81. The van der Waals surface area contributed by atoms with Crippen LogP contribution in [0.15, 0.2) is 22.7 Å². The van der Waals surface area contributed by atoms with Crippen LogP contribution in [0.3, 0.4) is 0 Å². The van der Waals surface area contributed by atoms with Gasteiger partial charge < -0.3 is 15.8 Å². The van der Waals surface area contributed by atoms with Gasteiger partial charge in [0.15, 0.2) is 0 Å². The summed E-state index contributed by atoms with van der Waals surface area (Å²) in [4.78, 5) is 21.9. The maximum Gasteiger partial charge on any atom is 0.312 e. The van der Waals surface area contributed by atoms with Gasteiger partial charge in [0, 0.05) is 12.5 Å². The zero-order chi connectivity index (χ0) is 16.0. The Morgan fingerprint density at radius 2 is 2.24 bits per heavy atom. The number of carbonyl (C=O) groups is 1. The van der Waals surface area contributed by atoms with Crippen LogP contribution in [0.1, 0.15) is 20.3 Å². The van der Waals surface area contributed by atoms with E-state index in [0.717, 1.165) is 0 Å². The van der Waals surface area contributed by atoms with E-state index < -0.39 is 16.4 Å². The molecule has 1 unspecified atom stereocenters. The van der Waals surface area contributed by atoms with E-state index in [2.05, 4.69) is 21.2 Å². The molecule has 0 saturated heterocycles. The number of primary amides is 1. The van der Waals surface area contributed by atoms with E-state index >= 15 is 0 Å². The van der Waals surface area contributed by atoms with Crippen molar-refractivity contribution in [1.82, 2.24) is 5.32 Å². The number of amides is 1. The molecule has 1 aromatic rings. The van der Waals surface area contributed by atoms with Crippen molar-refractivity contribution in [2.24, 2.45) is 5.73 Å². The number of hydrogen-bond acceptors (Lipinski definition) is 5. The molecule has 1 aromatic carbocycles. The van der Waals surface area contributed by atoms with E-state index in [4.69, 9.17) is 10.5 Å². The van der Waals surface area contributed by atoms with Gasteiger partial charge in [-0.25, -0.2) is 0 Å². The van der Waals surface area contributed by atoms with Gasteiger partial charge in [-0.05, 0) is 35.5 Å². The average Bonchev–Trinajstić information content (AvgIpc) is 2.40. The highest BCUT2D eigenvalue weighted by atomic mass is 79.9. The fourth-order valence-electron chi connectivity index (χ4n) is 1.83. The van der Waals surface area contributed by atoms with Crippen LogP contribution in [-0.4, -0.2) is 29.5 Å². The van der Waals surface area contributed by atoms with Gasteiger partial charge in [-0.1, -0.05) is 13.0 Å². The van der Waals surface area contributed by atoms with E-state index in [1.165, 1.54) is 6.07 Å². The summed E-state index contributed by atoms with van der Waals surface area (Å²) in [6.45, 7) is 4.24. The summed E-state index contributed by atoms with van der Waals surface area (Å²) in [6, 6.07) is 4.57. The second kappa shape index (κ2) is 7.37. The summed E-state index contributed by atoms with van der Waals surface area (Å²) >= 11 is 3.22. The van der Waals surface area contributed by atoms with Crippen molar-refractivity contribution >= 4 is 27.5 Å². The zero-order valence-corrected chi connectivity index (χ0v) is 13.5. The van der Waals surface area contributed by atoms with E-state index in [1.54, 1.807) is 19.1 Å². The van der Waals surface area contributed by atoms with Crippen LogP contribution in [-0.2, 0) is 4.79 Å². The number of halogens is 1. The topological polar surface area (TPSA) is 107 Å². The third-order valence-electron chi connectivity index (χ3n) is 3.10. The Bertz CT molecular complexity index is 538. The average molecular weight is 360 g/mol. The van der Waals surface area contributed by atoms with Gasteiger partial charge in [0.05, 0.1) is 21.5 Å². The Kier molecular flexibility index (Phi) is 6.10. The first kappa shape index (κ1) is 17.4. The lowest BCUT2D eigenvalue weighted by atomic mass is 9.97. The fourth-order valence-corrected chi connectivity index (χ4v) is 2.30. The predicted molar refractivity (Wildman–Crippen MR) is 82.2 cm³/mol. The predicted octanol–water partition coefficient (Wildman–Crippen LogP) is 1.98. The number of rotatable bonds is 8. The number of nitrogens with zero attached hydrogens (tertiary/aromatic N) is 1. The number of likely N-dealkylation sites (N-methyl/N-ethyl adjacent to an activating group) is 1. The quantitative estimate of drug-likeness (QED) is 0.544. The highest BCUT2D eigenvalue weighted by Crippen LogP contribution is 2.34. The molecule has 0 aliphatic carbocycles. The molecular formula is C13H18BrN3O4. The van der Waals surface area contributed by atoms with Crippen molar-refractivity contribution in [2.75, 3.05) is 13.2 Å². The van der Waals surface area contributed by atoms with Crippen molar-refractivity contribution in [3.8, 4) is 5.75 Å². The lowest BCUT2D eigenvalue weighted by Crippen LogP contribution is -2.53. The van der Waals surface area contributed by atoms with Crippen molar-refractivity contribution in [3.05, 3.63) is 32.8 Å². The van der Waals surface area contributed by atoms with Crippen LogP contribution in [0, 0.1) is 10.1 Å². The standard InChI is InChI=1S/C13H18BrN3O4/c1-3-16-13(2,12(15)18)7-8-21-11-9(14)5-4-6-10(11)17(19)20/h4-6,16H,3,7-8H2,1-2H3,(H2,15,18). The minimum Gasteiger partial charge on any atom is -0.486 e. The minimum absolute atomic E-state index is 0.121. The molecule has 0 fully saturated rings. The summed E-state index contributed by atoms with van der Waals surface area (Å²) in [5.41, 5.74) is 4.33. The number of para-hydroxylation sites is 1. The first-order valence-corrected chi connectivity index (χ1v) is 7.21. The summed E-state index contributed by atoms with van der Waals surface area (Å²) in [7, 11) is 0. The second-order valence-electron chi connectivity index (χ2n) is 4.67. The smallest absolute Gasteiger partial charge is 0.312 e. The molecule has 116 valence electrons. The number of hydrogen-bond donors (Lipinski definition) is 2. The number of carbonyl (C=O) groups excluding carboxylic acids is 1. The van der Waals surface area contributed by atoms with Crippen molar-refractivity contribution in [1.29, 1.82) is 0 Å². The molecule has 3 N–H and O–H groups in total. The van der Waals surface area contributed by atoms with Gasteiger partial charge in [0.25, 0.3) is 0 Å². The molecule has 0 bridgehead atoms. The number of ether oxygens (including phenoxy) is 1. The normalized spacial score (nSPS) is 13.5. The van der Waals surface area contributed by atoms with E-state index in [0.29, 0.717) is 17.4 Å². The highest BCUT2D eigenvalue weighted by molar-refractivity contribution is 9.10. The largest absolute Gasteiger partial charge is 0.486 e. The molecule has 1 amide bonds. The number of benzene rings is 1. The molecule has 1 rings (SSSR count). The lowest BCUT2D eigenvalue weighted by molar-refractivity contribution is -0.386. The van der Waals surface area contributed by atoms with Gasteiger partial charge in [-0.3, -0.25) is 14.9 Å². The monoisotopic (exact) mass is 359 g/mol. The minimum atomic E-state index is -0.912. The van der Waals surface area contributed by atoms with Crippen LogP contribution in [0.5, 0.6) is 5.75 Å². The lowest BCUT2D eigenvalue weighted by Gasteiger charge is -2.26. The summed E-state index contributed by atoms with van der Waals surface area (Å²) in [5, 5.41) is 14.0. The Labute approximate surface area is 131 Å².